The molecule has 19 heavy (non-hydrogen) atoms. The van der Waals surface area contributed by atoms with E-state index in [1.54, 1.807) is 0 Å². The van der Waals surface area contributed by atoms with Gasteiger partial charge in [0.15, 0.2) is 0 Å². The van der Waals surface area contributed by atoms with Gasteiger partial charge in [0.2, 0.25) is 10.0 Å². The van der Waals surface area contributed by atoms with Crippen LogP contribution in [0.3, 0.4) is 0 Å². The van der Waals surface area contributed by atoms with Crippen molar-refractivity contribution >= 4 is 15.9 Å². The van der Waals surface area contributed by atoms with Gasteiger partial charge in [-0.1, -0.05) is 0 Å². The lowest BCUT2D eigenvalue weighted by Crippen LogP contribution is -2.29. The zero-order chi connectivity index (χ0) is 14.5. The van der Waals surface area contributed by atoms with Crippen LogP contribution in [0.5, 0.6) is 5.75 Å². The highest BCUT2D eigenvalue weighted by molar-refractivity contribution is 7.88. The van der Waals surface area contributed by atoms with Crippen LogP contribution >= 0.6 is 0 Å². The van der Waals surface area contributed by atoms with Gasteiger partial charge in [-0.05, 0) is 18.6 Å². The molecular formula is C11H15FN2O4S. The van der Waals surface area contributed by atoms with E-state index in [1.807, 2.05) is 0 Å². The van der Waals surface area contributed by atoms with Crippen molar-refractivity contribution in [2.75, 3.05) is 19.3 Å². The van der Waals surface area contributed by atoms with E-state index in [0.29, 0.717) is 6.42 Å². The van der Waals surface area contributed by atoms with Crippen LogP contribution in [0.15, 0.2) is 18.2 Å². The second-order valence-electron chi connectivity index (χ2n) is 3.94. The monoisotopic (exact) mass is 290 g/mol. The maximum Gasteiger partial charge on any atom is 0.255 e. The molecule has 0 saturated carbocycles. The second-order valence-corrected chi connectivity index (χ2v) is 5.77. The number of hydrogen-bond acceptors (Lipinski definition) is 4. The van der Waals surface area contributed by atoms with E-state index < -0.39 is 27.5 Å². The Bertz CT molecular complexity index is 560. The number of nitrogens with one attached hydrogen (secondary N) is 2. The number of phenols is 1. The average Bonchev–Trinajstić information content (AvgIpc) is 2.26. The Hall–Kier alpha value is -1.67. The molecule has 3 N–H and O–H groups in total. The number of hydrogen-bond donors (Lipinski definition) is 3. The summed E-state index contributed by atoms with van der Waals surface area (Å²) in [7, 11) is -3.23. The lowest BCUT2D eigenvalue weighted by atomic mass is 10.2. The van der Waals surface area contributed by atoms with E-state index in [0.717, 1.165) is 18.4 Å². The maximum absolute atomic E-state index is 12.7. The quantitative estimate of drug-likeness (QED) is 0.652. The number of amides is 1. The summed E-state index contributed by atoms with van der Waals surface area (Å²) >= 11 is 0. The number of carbonyl (C=O) groups excluding carboxylic acids is 1. The molecule has 0 heterocycles. The largest absolute Gasteiger partial charge is 0.507 e. The summed E-state index contributed by atoms with van der Waals surface area (Å²) in [6.45, 7) is 0.437. The SMILES string of the molecule is CS(=O)(=O)NCCCNC(=O)c1ccc(F)cc1O. The Morgan fingerprint density at radius 2 is 2.05 bits per heavy atom. The first kappa shape index (κ1) is 15.4. The van der Waals surface area contributed by atoms with Crippen molar-refractivity contribution in [3.63, 3.8) is 0 Å². The van der Waals surface area contributed by atoms with Crippen LogP contribution in [0.1, 0.15) is 16.8 Å². The zero-order valence-electron chi connectivity index (χ0n) is 10.3. The number of phenolic OH excluding ortho intramolecular Hbond substituents is 1. The molecule has 0 spiro atoms. The molecule has 0 aliphatic heterocycles. The van der Waals surface area contributed by atoms with Crippen molar-refractivity contribution < 1.29 is 22.7 Å². The highest BCUT2D eigenvalue weighted by Crippen LogP contribution is 2.17. The standard InChI is InChI=1S/C11H15FN2O4S/c1-19(17,18)14-6-2-5-13-11(16)9-4-3-8(12)7-10(9)15/h3-4,7,14-15H,2,5-6H2,1H3,(H,13,16). The Labute approximate surface area is 110 Å². The van der Waals surface area contributed by atoms with Crippen molar-refractivity contribution in [1.29, 1.82) is 0 Å². The minimum absolute atomic E-state index is 0.0301. The summed E-state index contributed by atoms with van der Waals surface area (Å²) in [6.07, 6.45) is 1.45. The van der Waals surface area contributed by atoms with Crippen molar-refractivity contribution in [3.05, 3.63) is 29.6 Å². The summed E-state index contributed by atoms with van der Waals surface area (Å²) < 4.78 is 36.5. The summed E-state index contributed by atoms with van der Waals surface area (Å²) in [4.78, 5) is 11.6. The van der Waals surface area contributed by atoms with Gasteiger partial charge in [-0.2, -0.15) is 0 Å². The Balaban J connectivity index is 2.39. The zero-order valence-corrected chi connectivity index (χ0v) is 11.1. The molecule has 1 rings (SSSR count). The van der Waals surface area contributed by atoms with E-state index in [9.17, 15) is 22.7 Å². The molecule has 0 bridgehead atoms. The molecule has 1 aromatic carbocycles. The topological polar surface area (TPSA) is 95.5 Å². The van der Waals surface area contributed by atoms with Crippen LogP contribution < -0.4 is 10.0 Å². The molecule has 0 atom stereocenters. The molecule has 8 heteroatoms. The number of carbonyl (C=O) groups is 1. The third-order valence-electron chi connectivity index (χ3n) is 2.21. The van der Waals surface area contributed by atoms with Gasteiger partial charge in [0, 0.05) is 19.2 Å². The van der Waals surface area contributed by atoms with Crippen LogP contribution in [-0.2, 0) is 10.0 Å². The molecule has 106 valence electrons. The van der Waals surface area contributed by atoms with Crippen LogP contribution in [0, 0.1) is 5.82 Å². The van der Waals surface area contributed by atoms with Gasteiger partial charge in [-0.25, -0.2) is 17.5 Å². The number of benzene rings is 1. The molecule has 0 aromatic heterocycles. The highest BCUT2D eigenvalue weighted by Gasteiger charge is 2.11. The predicted molar refractivity (Wildman–Crippen MR) is 67.9 cm³/mol. The van der Waals surface area contributed by atoms with E-state index >= 15 is 0 Å². The van der Waals surface area contributed by atoms with Crippen molar-refractivity contribution in [2.24, 2.45) is 0 Å². The van der Waals surface area contributed by atoms with Crippen LogP contribution in [0.4, 0.5) is 4.39 Å². The first-order chi connectivity index (χ1) is 8.79. The van der Waals surface area contributed by atoms with E-state index in [-0.39, 0.29) is 18.7 Å². The average molecular weight is 290 g/mol. The van der Waals surface area contributed by atoms with E-state index in [1.165, 1.54) is 6.07 Å². The summed E-state index contributed by atoms with van der Waals surface area (Å²) in [5.74, 6) is -1.62. The lowest BCUT2D eigenvalue weighted by Gasteiger charge is -2.07. The third kappa shape index (κ3) is 5.66. The molecule has 6 nitrogen and oxygen atoms in total. The Kier molecular flexibility index (Phi) is 5.25. The van der Waals surface area contributed by atoms with E-state index in [4.69, 9.17) is 0 Å². The fourth-order valence-electron chi connectivity index (χ4n) is 1.34. The summed E-state index contributed by atoms with van der Waals surface area (Å²) in [5.41, 5.74) is -0.0301. The fourth-order valence-corrected chi connectivity index (χ4v) is 1.86. The minimum Gasteiger partial charge on any atom is -0.507 e. The van der Waals surface area contributed by atoms with Crippen LogP contribution in [0.2, 0.25) is 0 Å². The maximum atomic E-state index is 12.7. The lowest BCUT2D eigenvalue weighted by molar-refractivity contribution is 0.0950. The number of rotatable bonds is 6. The molecule has 0 radical (unpaired) electrons. The Morgan fingerprint density at radius 3 is 2.63 bits per heavy atom. The molecule has 0 aliphatic rings. The first-order valence-corrected chi connectivity index (χ1v) is 7.40. The minimum atomic E-state index is -3.23. The number of halogens is 1. The van der Waals surface area contributed by atoms with E-state index in [2.05, 4.69) is 10.0 Å². The van der Waals surface area contributed by atoms with Crippen molar-refractivity contribution in [2.45, 2.75) is 6.42 Å². The molecule has 0 aliphatic carbocycles. The smallest absolute Gasteiger partial charge is 0.255 e. The van der Waals surface area contributed by atoms with Gasteiger partial charge in [-0.3, -0.25) is 4.79 Å². The first-order valence-electron chi connectivity index (χ1n) is 5.51. The van der Waals surface area contributed by atoms with Gasteiger partial charge in [0.05, 0.1) is 11.8 Å². The second kappa shape index (κ2) is 6.48. The van der Waals surface area contributed by atoms with Crippen LogP contribution in [0.25, 0.3) is 0 Å². The predicted octanol–water partition coefficient (Wildman–Crippen LogP) is 0.200. The molecule has 0 fully saturated rings. The molecule has 1 amide bonds. The van der Waals surface area contributed by atoms with Gasteiger partial charge < -0.3 is 10.4 Å². The summed E-state index contributed by atoms with van der Waals surface area (Å²) in [6, 6.07) is 3.09. The van der Waals surface area contributed by atoms with Crippen molar-refractivity contribution in [1.82, 2.24) is 10.0 Å². The van der Waals surface area contributed by atoms with Crippen LogP contribution in [-0.4, -0.2) is 38.8 Å². The third-order valence-corrected chi connectivity index (χ3v) is 2.94. The van der Waals surface area contributed by atoms with Gasteiger partial charge in [0.1, 0.15) is 11.6 Å². The van der Waals surface area contributed by atoms with Gasteiger partial charge in [-0.15, -0.1) is 0 Å². The molecule has 0 saturated heterocycles. The molecular weight excluding hydrogens is 275 g/mol. The number of aromatic hydroxyl groups is 1. The summed E-state index contributed by atoms with van der Waals surface area (Å²) in [5, 5.41) is 11.9. The number of sulfonamides is 1. The van der Waals surface area contributed by atoms with Gasteiger partial charge in [0.25, 0.3) is 5.91 Å². The molecule has 0 unspecified atom stereocenters. The fraction of sp³-hybridized carbons (Fsp3) is 0.364. The normalized spacial score (nSPS) is 11.3. The van der Waals surface area contributed by atoms with Gasteiger partial charge >= 0.3 is 0 Å². The Morgan fingerprint density at radius 1 is 1.37 bits per heavy atom. The molecule has 1 aromatic rings. The highest BCUT2D eigenvalue weighted by atomic mass is 32.2. The van der Waals surface area contributed by atoms with Crippen molar-refractivity contribution in [3.8, 4) is 5.75 Å².